The van der Waals surface area contributed by atoms with Crippen molar-refractivity contribution in [3.05, 3.63) is 32.5 Å². The first-order valence-corrected chi connectivity index (χ1v) is 6.71. The number of anilines is 1. The second-order valence-corrected chi connectivity index (χ2v) is 4.91. The molecule has 1 unspecified atom stereocenters. The van der Waals surface area contributed by atoms with Gasteiger partial charge in [-0.3, -0.25) is 20.2 Å². The number of hydrogen-bond acceptors (Lipinski definition) is 7. The number of nitro groups is 2. The van der Waals surface area contributed by atoms with Gasteiger partial charge < -0.3 is 10.0 Å². The molecule has 1 N–H and O–H groups in total. The van der Waals surface area contributed by atoms with E-state index in [2.05, 4.69) is 4.98 Å². The van der Waals surface area contributed by atoms with Gasteiger partial charge >= 0.3 is 5.69 Å². The van der Waals surface area contributed by atoms with Crippen molar-refractivity contribution in [3.63, 3.8) is 0 Å². The van der Waals surface area contributed by atoms with Crippen molar-refractivity contribution in [2.75, 3.05) is 18.1 Å². The Kier molecular flexibility index (Phi) is 4.63. The van der Waals surface area contributed by atoms with Crippen LogP contribution in [-0.2, 0) is 0 Å². The maximum Gasteiger partial charge on any atom is 0.318 e. The van der Waals surface area contributed by atoms with Crippen LogP contribution in [0.1, 0.15) is 25.7 Å². The molecule has 1 fully saturated rings. The van der Waals surface area contributed by atoms with Crippen LogP contribution in [0, 0.1) is 20.2 Å². The molecule has 2 rings (SSSR count). The molecular weight excluding hydrogens is 280 g/mol. The van der Waals surface area contributed by atoms with Crippen molar-refractivity contribution in [2.24, 2.45) is 0 Å². The number of piperidine rings is 1. The van der Waals surface area contributed by atoms with Crippen molar-refractivity contribution < 1.29 is 15.0 Å². The lowest BCUT2D eigenvalue weighted by Crippen LogP contribution is -2.41. The average Bonchev–Trinajstić information content (AvgIpc) is 2.47. The Labute approximate surface area is 120 Å². The first kappa shape index (κ1) is 15.1. The lowest BCUT2D eigenvalue weighted by atomic mass is 9.99. The Morgan fingerprint density at radius 1 is 1.33 bits per heavy atom. The molecule has 1 aromatic heterocycles. The van der Waals surface area contributed by atoms with Gasteiger partial charge in [-0.1, -0.05) is 0 Å². The monoisotopic (exact) mass is 296 g/mol. The summed E-state index contributed by atoms with van der Waals surface area (Å²) in [6, 6.07) is 0.906. The van der Waals surface area contributed by atoms with Crippen LogP contribution in [0.15, 0.2) is 12.3 Å². The predicted molar refractivity (Wildman–Crippen MR) is 74.2 cm³/mol. The second kappa shape index (κ2) is 6.44. The number of nitrogens with zero attached hydrogens (tertiary/aromatic N) is 4. The fraction of sp³-hybridized carbons (Fsp3) is 0.583. The minimum absolute atomic E-state index is 0.0120. The molecule has 21 heavy (non-hydrogen) atoms. The third-order valence-electron chi connectivity index (χ3n) is 3.60. The van der Waals surface area contributed by atoms with Gasteiger partial charge in [0.15, 0.2) is 0 Å². The summed E-state index contributed by atoms with van der Waals surface area (Å²) in [7, 11) is 0. The third-order valence-corrected chi connectivity index (χ3v) is 3.60. The standard InChI is InChI=1S/C12H16N4O5/c17-6-4-9-3-1-2-5-14(9)12-11(16(20)21)7-10(8-13-12)15(18)19/h7-9,17H,1-6H2. The van der Waals surface area contributed by atoms with Crippen molar-refractivity contribution in [2.45, 2.75) is 31.7 Å². The molecule has 0 amide bonds. The topological polar surface area (TPSA) is 123 Å². The van der Waals surface area contributed by atoms with Gasteiger partial charge in [0, 0.05) is 19.2 Å². The molecule has 1 saturated heterocycles. The summed E-state index contributed by atoms with van der Waals surface area (Å²) in [4.78, 5) is 26.3. The minimum atomic E-state index is -0.703. The summed E-state index contributed by atoms with van der Waals surface area (Å²) in [6.45, 7) is 0.582. The van der Waals surface area contributed by atoms with Crippen molar-refractivity contribution >= 4 is 17.2 Å². The summed E-state index contributed by atoms with van der Waals surface area (Å²) < 4.78 is 0. The number of pyridine rings is 1. The van der Waals surface area contributed by atoms with Gasteiger partial charge in [-0.15, -0.1) is 0 Å². The first-order chi connectivity index (χ1) is 10.0. The number of hydrogen-bond donors (Lipinski definition) is 1. The molecule has 9 nitrogen and oxygen atoms in total. The number of rotatable bonds is 5. The average molecular weight is 296 g/mol. The van der Waals surface area contributed by atoms with E-state index in [9.17, 15) is 20.2 Å². The zero-order valence-corrected chi connectivity index (χ0v) is 11.3. The molecule has 1 aromatic rings. The Hall–Kier alpha value is -2.29. The fourth-order valence-electron chi connectivity index (χ4n) is 2.62. The van der Waals surface area contributed by atoms with Gasteiger partial charge in [0.05, 0.1) is 15.9 Å². The quantitative estimate of drug-likeness (QED) is 0.647. The van der Waals surface area contributed by atoms with Crippen LogP contribution in [0.2, 0.25) is 0 Å². The van der Waals surface area contributed by atoms with Crippen LogP contribution in [-0.4, -0.2) is 39.1 Å². The lowest BCUT2D eigenvalue weighted by molar-refractivity contribution is -0.394. The molecule has 0 radical (unpaired) electrons. The second-order valence-electron chi connectivity index (χ2n) is 4.91. The highest BCUT2D eigenvalue weighted by Gasteiger charge is 2.30. The van der Waals surface area contributed by atoms with E-state index in [0.717, 1.165) is 31.5 Å². The highest BCUT2D eigenvalue weighted by Crippen LogP contribution is 2.33. The number of aliphatic hydroxyl groups is 1. The SMILES string of the molecule is O=[N+]([O-])c1cnc(N2CCCCC2CCO)c([N+](=O)[O-])c1. The molecular formula is C12H16N4O5. The number of aromatic nitrogens is 1. The predicted octanol–water partition coefficient (Wildman–Crippen LogP) is 1.64. The molecule has 114 valence electrons. The van der Waals surface area contributed by atoms with Crippen LogP contribution >= 0.6 is 0 Å². The van der Waals surface area contributed by atoms with Gasteiger partial charge in [-0.05, 0) is 25.7 Å². The van der Waals surface area contributed by atoms with Gasteiger partial charge in [0.2, 0.25) is 5.82 Å². The van der Waals surface area contributed by atoms with E-state index < -0.39 is 15.5 Å². The molecule has 0 spiro atoms. The van der Waals surface area contributed by atoms with Crippen molar-refractivity contribution in [3.8, 4) is 0 Å². The fourth-order valence-corrected chi connectivity index (χ4v) is 2.62. The molecule has 0 aliphatic carbocycles. The van der Waals surface area contributed by atoms with E-state index in [4.69, 9.17) is 5.11 Å². The smallest absolute Gasteiger partial charge is 0.318 e. The molecule has 1 atom stereocenters. The Bertz CT molecular complexity index is 548. The molecule has 2 heterocycles. The van der Waals surface area contributed by atoms with Crippen LogP contribution < -0.4 is 4.90 Å². The summed E-state index contributed by atoms with van der Waals surface area (Å²) >= 11 is 0. The molecule has 9 heteroatoms. The summed E-state index contributed by atoms with van der Waals surface area (Å²) in [6.07, 6.45) is 4.21. The first-order valence-electron chi connectivity index (χ1n) is 6.71. The molecule has 1 aliphatic heterocycles. The van der Waals surface area contributed by atoms with E-state index in [-0.39, 0.29) is 24.2 Å². The number of aliphatic hydroxyl groups excluding tert-OH is 1. The summed E-state index contributed by atoms with van der Waals surface area (Å²) in [5.74, 6) is 0.142. The van der Waals surface area contributed by atoms with Crippen molar-refractivity contribution in [1.29, 1.82) is 0 Å². The van der Waals surface area contributed by atoms with E-state index in [1.54, 1.807) is 4.90 Å². The maximum atomic E-state index is 11.2. The zero-order chi connectivity index (χ0) is 15.4. The van der Waals surface area contributed by atoms with Gasteiger partial charge in [0.1, 0.15) is 6.20 Å². The summed E-state index contributed by atoms with van der Waals surface area (Å²) in [5.41, 5.74) is -0.768. The van der Waals surface area contributed by atoms with E-state index in [1.807, 2.05) is 0 Å². The van der Waals surface area contributed by atoms with E-state index in [1.165, 1.54) is 0 Å². The molecule has 0 aromatic carbocycles. The van der Waals surface area contributed by atoms with E-state index in [0.29, 0.717) is 13.0 Å². The van der Waals surface area contributed by atoms with Gasteiger partial charge in [-0.2, -0.15) is 0 Å². The van der Waals surface area contributed by atoms with Crippen LogP contribution in [0.3, 0.4) is 0 Å². The summed E-state index contributed by atoms with van der Waals surface area (Å²) in [5, 5.41) is 31.0. The highest BCUT2D eigenvalue weighted by atomic mass is 16.6. The lowest BCUT2D eigenvalue weighted by Gasteiger charge is -2.35. The van der Waals surface area contributed by atoms with Crippen LogP contribution in [0.5, 0.6) is 0 Å². The van der Waals surface area contributed by atoms with Gasteiger partial charge in [-0.25, -0.2) is 4.98 Å². The highest BCUT2D eigenvalue weighted by molar-refractivity contribution is 5.61. The maximum absolute atomic E-state index is 11.2. The molecule has 0 bridgehead atoms. The largest absolute Gasteiger partial charge is 0.396 e. The Morgan fingerprint density at radius 2 is 2.10 bits per heavy atom. The molecule has 1 aliphatic rings. The Balaban J connectivity index is 2.41. The van der Waals surface area contributed by atoms with Crippen LogP contribution in [0.25, 0.3) is 0 Å². The minimum Gasteiger partial charge on any atom is -0.396 e. The third kappa shape index (κ3) is 3.24. The van der Waals surface area contributed by atoms with Crippen LogP contribution in [0.4, 0.5) is 17.2 Å². The van der Waals surface area contributed by atoms with Crippen molar-refractivity contribution in [1.82, 2.24) is 4.98 Å². The molecule has 0 saturated carbocycles. The zero-order valence-electron chi connectivity index (χ0n) is 11.3. The normalized spacial score (nSPS) is 18.5. The van der Waals surface area contributed by atoms with Gasteiger partial charge in [0.25, 0.3) is 5.69 Å². The van der Waals surface area contributed by atoms with E-state index >= 15 is 0 Å². The Morgan fingerprint density at radius 3 is 2.71 bits per heavy atom.